The highest BCUT2D eigenvalue weighted by molar-refractivity contribution is 7.89. The van der Waals surface area contributed by atoms with E-state index < -0.39 is 15.2 Å². The van der Waals surface area contributed by atoms with Crippen LogP contribution < -0.4 is 0 Å². The van der Waals surface area contributed by atoms with E-state index >= 15 is 0 Å². The highest BCUT2D eigenvalue weighted by Gasteiger charge is 2.11. The molecule has 0 fully saturated rings. The van der Waals surface area contributed by atoms with Crippen LogP contribution in [0.15, 0.2) is 42.0 Å². The Morgan fingerprint density at radius 2 is 1.93 bits per heavy atom. The van der Waals surface area contributed by atoms with Gasteiger partial charge in [0.1, 0.15) is 6.61 Å². The molecule has 0 bridgehead atoms. The third kappa shape index (κ3) is 3.20. The number of hydrogen-bond acceptors (Lipinski definition) is 3. The Morgan fingerprint density at radius 3 is 2.43 bits per heavy atom. The minimum atomic E-state index is -4.29. The summed E-state index contributed by atoms with van der Waals surface area (Å²) in [5.74, 6) is 0. The number of ether oxygens (including phenoxy) is 1. The average molecular weight is 214 g/mol. The van der Waals surface area contributed by atoms with Crippen LogP contribution in [-0.4, -0.2) is 13.0 Å². The lowest BCUT2D eigenvalue weighted by molar-refractivity contribution is 0.217. The standard InChI is InChI=1S/C9H10O4S/c1-8(14(10,11)12)13-7-9-5-3-2-4-6-9/h2-6H,1,7H2,(H,10,11,12). The molecule has 76 valence electrons. The molecule has 0 aliphatic carbocycles. The van der Waals surface area contributed by atoms with Gasteiger partial charge in [0, 0.05) is 0 Å². The number of rotatable bonds is 4. The van der Waals surface area contributed by atoms with Crippen molar-refractivity contribution in [2.75, 3.05) is 0 Å². The Labute approximate surface area is 82.6 Å². The molecule has 0 spiro atoms. The van der Waals surface area contributed by atoms with Crippen molar-refractivity contribution in [3.05, 3.63) is 47.6 Å². The molecule has 14 heavy (non-hydrogen) atoms. The van der Waals surface area contributed by atoms with E-state index in [4.69, 9.17) is 9.29 Å². The topological polar surface area (TPSA) is 63.6 Å². The average Bonchev–Trinajstić information content (AvgIpc) is 2.14. The third-order valence-electron chi connectivity index (χ3n) is 1.53. The molecular formula is C9H10O4S. The first-order valence-electron chi connectivity index (χ1n) is 3.83. The van der Waals surface area contributed by atoms with Crippen LogP contribution in [0.3, 0.4) is 0 Å². The largest absolute Gasteiger partial charge is 0.477 e. The molecule has 0 amide bonds. The van der Waals surface area contributed by atoms with E-state index in [2.05, 4.69) is 6.58 Å². The third-order valence-corrected chi connectivity index (χ3v) is 2.22. The predicted molar refractivity (Wildman–Crippen MR) is 51.9 cm³/mol. The summed E-state index contributed by atoms with van der Waals surface area (Å²) in [4.78, 5) is 0. The smallest absolute Gasteiger partial charge is 0.327 e. The van der Waals surface area contributed by atoms with E-state index in [1.807, 2.05) is 6.07 Å². The Hall–Kier alpha value is -1.33. The van der Waals surface area contributed by atoms with Crippen LogP contribution in [0, 0.1) is 0 Å². The van der Waals surface area contributed by atoms with Crippen LogP contribution >= 0.6 is 0 Å². The first-order valence-corrected chi connectivity index (χ1v) is 5.27. The lowest BCUT2D eigenvalue weighted by atomic mass is 10.2. The second-order valence-electron chi connectivity index (χ2n) is 2.62. The van der Waals surface area contributed by atoms with Crippen LogP contribution in [0.4, 0.5) is 0 Å². The fourth-order valence-corrected chi connectivity index (χ4v) is 1.02. The SMILES string of the molecule is C=C(OCc1ccccc1)S(=O)(=O)O. The molecule has 0 aliphatic rings. The summed E-state index contributed by atoms with van der Waals surface area (Å²) in [6, 6.07) is 8.99. The van der Waals surface area contributed by atoms with Gasteiger partial charge in [0.05, 0.1) is 0 Å². The molecule has 1 aromatic carbocycles. The highest BCUT2D eigenvalue weighted by atomic mass is 32.2. The van der Waals surface area contributed by atoms with Gasteiger partial charge < -0.3 is 4.74 Å². The van der Waals surface area contributed by atoms with Crippen molar-refractivity contribution in [3.8, 4) is 0 Å². The fraction of sp³-hybridized carbons (Fsp3) is 0.111. The zero-order valence-electron chi connectivity index (χ0n) is 7.38. The van der Waals surface area contributed by atoms with Gasteiger partial charge in [-0.25, -0.2) is 0 Å². The van der Waals surface area contributed by atoms with Crippen LogP contribution in [0.25, 0.3) is 0 Å². The van der Waals surface area contributed by atoms with Crippen LogP contribution in [0.1, 0.15) is 5.56 Å². The summed E-state index contributed by atoms with van der Waals surface area (Å²) in [7, 11) is -4.29. The van der Waals surface area contributed by atoms with Gasteiger partial charge in [0.15, 0.2) is 0 Å². The van der Waals surface area contributed by atoms with Gasteiger partial charge in [-0.3, -0.25) is 4.55 Å². The molecule has 0 aromatic heterocycles. The minimum Gasteiger partial charge on any atom is -0.477 e. The fourth-order valence-electron chi connectivity index (χ4n) is 0.813. The molecule has 0 saturated heterocycles. The van der Waals surface area contributed by atoms with E-state index in [1.54, 1.807) is 24.3 Å². The molecule has 0 saturated carbocycles. The molecule has 0 heterocycles. The molecule has 0 radical (unpaired) electrons. The Kier molecular flexibility index (Phi) is 3.27. The maximum Gasteiger partial charge on any atom is 0.327 e. The zero-order chi connectivity index (χ0) is 10.6. The molecule has 0 unspecified atom stereocenters. The summed E-state index contributed by atoms with van der Waals surface area (Å²) in [5.41, 5.74) is 0.803. The van der Waals surface area contributed by atoms with Crippen molar-refractivity contribution in [2.24, 2.45) is 0 Å². The summed E-state index contributed by atoms with van der Waals surface area (Å²) >= 11 is 0. The second kappa shape index (κ2) is 4.26. The van der Waals surface area contributed by atoms with Gasteiger partial charge in [-0.2, -0.15) is 8.42 Å². The van der Waals surface area contributed by atoms with Gasteiger partial charge in [0.25, 0.3) is 0 Å². The van der Waals surface area contributed by atoms with Crippen molar-refractivity contribution in [3.63, 3.8) is 0 Å². The lowest BCUT2D eigenvalue weighted by Crippen LogP contribution is -2.04. The van der Waals surface area contributed by atoms with E-state index in [9.17, 15) is 8.42 Å². The maximum atomic E-state index is 10.5. The van der Waals surface area contributed by atoms with Crippen molar-refractivity contribution in [1.29, 1.82) is 0 Å². The Balaban J connectivity index is 2.55. The van der Waals surface area contributed by atoms with E-state index in [1.165, 1.54) is 0 Å². The molecule has 0 atom stereocenters. The molecular weight excluding hydrogens is 204 g/mol. The Morgan fingerprint density at radius 1 is 1.36 bits per heavy atom. The number of hydrogen-bond donors (Lipinski definition) is 1. The van der Waals surface area contributed by atoms with Crippen LogP contribution in [0.5, 0.6) is 0 Å². The summed E-state index contributed by atoms with van der Waals surface area (Å²) in [5, 5.41) is -0.638. The van der Waals surface area contributed by atoms with Crippen LogP contribution in [0.2, 0.25) is 0 Å². The van der Waals surface area contributed by atoms with Gasteiger partial charge in [-0.1, -0.05) is 30.3 Å². The zero-order valence-corrected chi connectivity index (χ0v) is 8.20. The van der Waals surface area contributed by atoms with E-state index in [0.29, 0.717) is 0 Å². The van der Waals surface area contributed by atoms with Crippen molar-refractivity contribution in [1.82, 2.24) is 0 Å². The number of benzene rings is 1. The first kappa shape index (κ1) is 10.7. The van der Waals surface area contributed by atoms with Gasteiger partial charge >= 0.3 is 10.1 Å². The predicted octanol–water partition coefficient (Wildman–Crippen LogP) is 1.56. The molecule has 1 aromatic rings. The van der Waals surface area contributed by atoms with Gasteiger partial charge in [-0.15, -0.1) is 0 Å². The molecule has 5 heteroatoms. The highest BCUT2D eigenvalue weighted by Crippen LogP contribution is 2.08. The quantitative estimate of drug-likeness (QED) is 0.610. The Bertz CT molecular complexity index is 408. The molecule has 4 nitrogen and oxygen atoms in total. The van der Waals surface area contributed by atoms with Gasteiger partial charge in [0.2, 0.25) is 5.09 Å². The van der Waals surface area contributed by atoms with E-state index in [0.717, 1.165) is 5.56 Å². The van der Waals surface area contributed by atoms with Crippen molar-refractivity contribution in [2.45, 2.75) is 6.61 Å². The van der Waals surface area contributed by atoms with E-state index in [-0.39, 0.29) is 6.61 Å². The summed E-state index contributed by atoms with van der Waals surface area (Å²) < 4.78 is 34.2. The van der Waals surface area contributed by atoms with Gasteiger partial charge in [-0.05, 0) is 12.1 Å². The molecule has 0 aliphatic heterocycles. The lowest BCUT2D eigenvalue weighted by Gasteiger charge is -2.05. The maximum absolute atomic E-state index is 10.5. The van der Waals surface area contributed by atoms with Crippen molar-refractivity contribution >= 4 is 10.1 Å². The van der Waals surface area contributed by atoms with Crippen molar-refractivity contribution < 1.29 is 17.7 Å². The summed E-state index contributed by atoms with van der Waals surface area (Å²) in [6.07, 6.45) is 0. The molecule has 1 N–H and O–H groups in total. The second-order valence-corrected chi connectivity index (χ2v) is 4.03. The minimum absolute atomic E-state index is 0.0689. The van der Waals surface area contributed by atoms with Crippen LogP contribution in [-0.2, 0) is 21.5 Å². The molecule has 1 rings (SSSR count). The first-order chi connectivity index (χ1) is 6.50. The monoisotopic (exact) mass is 214 g/mol. The summed E-state index contributed by atoms with van der Waals surface area (Å²) in [6.45, 7) is 3.15. The normalized spacial score (nSPS) is 10.9.